The topological polar surface area (TPSA) is 82.0 Å². The molecule has 2 aromatic rings. The van der Waals surface area contributed by atoms with Gasteiger partial charge in [-0.05, 0) is 43.3 Å². The minimum Gasteiger partial charge on any atom is -0.377 e. The molecule has 1 aliphatic heterocycles. The van der Waals surface area contributed by atoms with Gasteiger partial charge in [-0.2, -0.15) is 0 Å². The highest BCUT2D eigenvalue weighted by Crippen LogP contribution is 2.27. The Balaban J connectivity index is 1.79. The number of nitrogens with zero attached hydrogens (tertiary/aromatic N) is 4. The largest absolute Gasteiger partial charge is 0.377 e. The van der Waals surface area contributed by atoms with Crippen molar-refractivity contribution in [1.82, 2.24) is 4.90 Å². The summed E-state index contributed by atoms with van der Waals surface area (Å²) in [7, 11) is 3.60. The first-order valence-electron chi connectivity index (χ1n) is 10.1. The van der Waals surface area contributed by atoms with Gasteiger partial charge in [0.25, 0.3) is 11.6 Å². The summed E-state index contributed by atoms with van der Waals surface area (Å²) in [5.41, 5.74) is 3.59. The Kier molecular flexibility index (Phi) is 6.56. The number of carbonyl (C=O) groups excluding carboxylic acids is 1. The lowest BCUT2D eigenvalue weighted by Gasteiger charge is -2.35. The van der Waals surface area contributed by atoms with E-state index in [2.05, 4.69) is 28.1 Å². The summed E-state index contributed by atoms with van der Waals surface area (Å²) in [5.74, 6) is -0.366. The number of hydrogen-bond donors (Lipinski definition) is 1. The number of aryl methyl sites for hydroxylation is 1. The maximum absolute atomic E-state index is 12.9. The van der Waals surface area contributed by atoms with Crippen molar-refractivity contribution in [2.45, 2.75) is 13.8 Å². The molecular weight excluding hydrogens is 382 g/mol. The number of nitro groups is 1. The van der Waals surface area contributed by atoms with Crippen molar-refractivity contribution in [3.05, 3.63) is 57.6 Å². The lowest BCUT2D eigenvalue weighted by atomic mass is 10.1. The van der Waals surface area contributed by atoms with E-state index in [-0.39, 0.29) is 17.2 Å². The van der Waals surface area contributed by atoms with E-state index in [9.17, 15) is 14.9 Å². The Morgan fingerprint density at radius 2 is 1.83 bits per heavy atom. The Bertz CT molecular complexity index is 936. The summed E-state index contributed by atoms with van der Waals surface area (Å²) < 4.78 is 0. The van der Waals surface area contributed by atoms with Gasteiger partial charge < -0.3 is 20.0 Å². The first-order chi connectivity index (χ1) is 14.3. The van der Waals surface area contributed by atoms with Gasteiger partial charge in [0.15, 0.2) is 0 Å². The van der Waals surface area contributed by atoms with Crippen molar-refractivity contribution in [3.8, 4) is 0 Å². The standard InChI is InChI=1S/C22H29N5O3/c1-5-25-10-12-26(13-11-25)17-6-8-20(16(2)14-17)23-22(28)19-15-18(27(29)30)7-9-21(19)24(3)4/h6-9,14-15H,5,10-13H2,1-4H3,(H,23,28). The van der Waals surface area contributed by atoms with Gasteiger partial charge in [-0.15, -0.1) is 0 Å². The summed E-state index contributed by atoms with van der Waals surface area (Å²) in [6.45, 7) is 9.28. The molecule has 1 fully saturated rings. The zero-order valence-corrected chi connectivity index (χ0v) is 18.0. The summed E-state index contributed by atoms with van der Waals surface area (Å²) in [6, 6.07) is 10.3. The second-order valence-corrected chi connectivity index (χ2v) is 7.73. The van der Waals surface area contributed by atoms with Gasteiger partial charge in [0.05, 0.1) is 10.5 Å². The van der Waals surface area contributed by atoms with Crippen LogP contribution in [-0.2, 0) is 0 Å². The fourth-order valence-corrected chi connectivity index (χ4v) is 3.71. The van der Waals surface area contributed by atoms with Crippen LogP contribution in [0.15, 0.2) is 36.4 Å². The Labute approximate surface area is 177 Å². The first kappa shape index (κ1) is 21.6. The number of nitro benzene ring substituents is 1. The quantitative estimate of drug-likeness (QED) is 0.580. The smallest absolute Gasteiger partial charge is 0.270 e. The summed E-state index contributed by atoms with van der Waals surface area (Å²) in [4.78, 5) is 30.2. The molecule has 1 heterocycles. The number of anilines is 3. The van der Waals surface area contributed by atoms with E-state index in [0.29, 0.717) is 11.4 Å². The Morgan fingerprint density at radius 3 is 2.40 bits per heavy atom. The van der Waals surface area contributed by atoms with Crippen LogP contribution < -0.4 is 15.1 Å². The molecule has 0 saturated carbocycles. The molecule has 0 aliphatic carbocycles. The molecule has 1 aliphatic rings. The van der Waals surface area contributed by atoms with Crippen LogP contribution in [0.2, 0.25) is 0 Å². The lowest BCUT2D eigenvalue weighted by Crippen LogP contribution is -2.46. The molecule has 8 nitrogen and oxygen atoms in total. The highest BCUT2D eigenvalue weighted by Gasteiger charge is 2.20. The van der Waals surface area contributed by atoms with Gasteiger partial charge in [0.1, 0.15) is 0 Å². The van der Waals surface area contributed by atoms with Crippen LogP contribution in [0.1, 0.15) is 22.8 Å². The van der Waals surface area contributed by atoms with E-state index in [1.165, 1.54) is 12.1 Å². The minimum atomic E-state index is -0.492. The Hall–Kier alpha value is -3.13. The molecule has 1 amide bonds. The third-order valence-electron chi connectivity index (χ3n) is 5.56. The second-order valence-electron chi connectivity index (χ2n) is 7.73. The van der Waals surface area contributed by atoms with E-state index in [4.69, 9.17) is 0 Å². The highest BCUT2D eigenvalue weighted by atomic mass is 16.6. The lowest BCUT2D eigenvalue weighted by molar-refractivity contribution is -0.384. The SMILES string of the molecule is CCN1CCN(c2ccc(NC(=O)c3cc([N+](=O)[O-])ccc3N(C)C)c(C)c2)CC1. The second kappa shape index (κ2) is 9.13. The van der Waals surface area contributed by atoms with Crippen LogP contribution in [0, 0.1) is 17.0 Å². The average molecular weight is 412 g/mol. The number of piperazine rings is 1. The van der Waals surface area contributed by atoms with Crippen molar-refractivity contribution in [1.29, 1.82) is 0 Å². The van der Waals surface area contributed by atoms with Gasteiger partial charge >= 0.3 is 0 Å². The number of carbonyl (C=O) groups is 1. The van der Waals surface area contributed by atoms with Gasteiger partial charge in [-0.1, -0.05) is 6.92 Å². The van der Waals surface area contributed by atoms with Gasteiger partial charge in [0, 0.05) is 69.5 Å². The molecule has 0 radical (unpaired) electrons. The van der Waals surface area contributed by atoms with Crippen LogP contribution in [-0.4, -0.2) is 62.5 Å². The third-order valence-corrected chi connectivity index (χ3v) is 5.56. The van der Waals surface area contributed by atoms with Crippen molar-refractivity contribution in [2.75, 3.05) is 61.9 Å². The van der Waals surface area contributed by atoms with Crippen LogP contribution in [0.4, 0.5) is 22.7 Å². The van der Waals surface area contributed by atoms with Crippen LogP contribution >= 0.6 is 0 Å². The maximum atomic E-state index is 12.9. The van der Waals surface area contributed by atoms with E-state index in [1.807, 2.05) is 19.1 Å². The van der Waals surface area contributed by atoms with Crippen molar-refractivity contribution in [3.63, 3.8) is 0 Å². The van der Waals surface area contributed by atoms with Gasteiger partial charge in [0.2, 0.25) is 0 Å². The molecule has 30 heavy (non-hydrogen) atoms. The maximum Gasteiger partial charge on any atom is 0.270 e. The fourth-order valence-electron chi connectivity index (χ4n) is 3.71. The molecular formula is C22H29N5O3. The predicted molar refractivity (Wildman–Crippen MR) is 121 cm³/mol. The zero-order valence-electron chi connectivity index (χ0n) is 18.0. The van der Waals surface area contributed by atoms with E-state index < -0.39 is 4.92 Å². The van der Waals surface area contributed by atoms with Crippen LogP contribution in [0.5, 0.6) is 0 Å². The monoisotopic (exact) mass is 411 g/mol. The van der Waals surface area contributed by atoms with E-state index >= 15 is 0 Å². The van der Waals surface area contributed by atoms with Gasteiger partial charge in [-0.25, -0.2) is 0 Å². The number of hydrogen-bond acceptors (Lipinski definition) is 6. The molecule has 0 aromatic heterocycles. The number of rotatable bonds is 6. The molecule has 1 saturated heterocycles. The number of nitrogens with one attached hydrogen (secondary N) is 1. The molecule has 3 rings (SSSR count). The number of non-ortho nitro benzene ring substituents is 1. The summed E-state index contributed by atoms with van der Waals surface area (Å²) in [5, 5.41) is 14.1. The fraction of sp³-hybridized carbons (Fsp3) is 0.409. The minimum absolute atomic E-state index is 0.107. The Morgan fingerprint density at radius 1 is 1.13 bits per heavy atom. The molecule has 0 atom stereocenters. The normalized spacial score (nSPS) is 14.5. The third kappa shape index (κ3) is 4.71. The molecule has 8 heteroatoms. The van der Waals surface area contributed by atoms with Gasteiger partial charge in [-0.3, -0.25) is 14.9 Å². The predicted octanol–water partition coefficient (Wildman–Crippen LogP) is 3.36. The van der Waals surface area contributed by atoms with Crippen LogP contribution in [0.3, 0.4) is 0 Å². The number of amides is 1. The molecule has 1 N–H and O–H groups in total. The molecule has 0 bridgehead atoms. The van der Waals surface area contributed by atoms with E-state index in [0.717, 1.165) is 44.0 Å². The van der Waals surface area contributed by atoms with E-state index in [1.54, 1.807) is 25.1 Å². The zero-order chi connectivity index (χ0) is 21.8. The van der Waals surface area contributed by atoms with Crippen molar-refractivity contribution in [2.24, 2.45) is 0 Å². The summed E-state index contributed by atoms with van der Waals surface area (Å²) >= 11 is 0. The first-order valence-corrected chi connectivity index (χ1v) is 10.1. The number of likely N-dealkylation sites (N-methyl/N-ethyl adjacent to an activating group) is 1. The molecule has 160 valence electrons. The molecule has 0 spiro atoms. The average Bonchev–Trinajstić information content (AvgIpc) is 2.74. The van der Waals surface area contributed by atoms with Crippen molar-refractivity contribution >= 4 is 28.7 Å². The molecule has 2 aromatic carbocycles. The summed E-state index contributed by atoms with van der Waals surface area (Å²) in [6.07, 6.45) is 0. The molecule has 0 unspecified atom stereocenters. The number of benzene rings is 2. The van der Waals surface area contributed by atoms with Crippen LogP contribution in [0.25, 0.3) is 0 Å². The highest BCUT2D eigenvalue weighted by molar-refractivity contribution is 6.09. The van der Waals surface area contributed by atoms with Crippen molar-refractivity contribution < 1.29 is 9.72 Å².